The Morgan fingerprint density at radius 3 is 2.56 bits per heavy atom. The molecule has 1 aromatic rings. The van der Waals surface area contributed by atoms with Crippen LogP contribution in [-0.4, -0.2) is 45.7 Å². The van der Waals surface area contributed by atoms with Gasteiger partial charge in [-0.2, -0.15) is 0 Å². The Hall–Kier alpha value is -1.62. The molecular formula is C13H18N2O3. The van der Waals surface area contributed by atoms with Gasteiger partial charge in [-0.1, -0.05) is 0 Å². The second kappa shape index (κ2) is 4.57. The highest BCUT2D eigenvalue weighted by molar-refractivity contribution is 5.94. The lowest BCUT2D eigenvalue weighted by molar-refractivity contribution is 0.00585. The van der Waals surface area contributed by atoms with E-state index in [2.05, 4.69) is 4.98 Å². The third-order valence-electron chi connectivity index (χ3n) is 2.54. The molecular weight excluding hydrogens is 232 g/mol. The number of amides is 1. The summed E-state index contributed by atoms with van der Waals surface area (Å²) in [6, 6.07) is 3.38. The Labute approximate surface area is 106 Å². The van der Waals surface area contributed by atoms with Gasteiger partial charge in [0, 0.05) is 25.4 Å². The smallest absolute Gasteiger partial charge is 0.255 e. The quantitative estimate of drug-likeness (QED) is 0.853. The first-order valence-corrected chi connectivity index (χ1v) is 5.97. The fourth-order valence-electron chi connectivity index (χ4n) is 1.68. The van der Waals surface area contributed by atoms with Crippen LogP contribution in [0.3, 0.4) is 0 Å². The molecule has 2 heterocycles. The van der Waals surface area contributed by atoms with Crippen molar-refractivity contribution < 1.29 is 14.6 Å². The molecule has 0 aliphatic carbocycles. The van der Waals surface area contributed by atoms with Gasteiger partial charge in [-0.05, 0) is 26.8 Å². The Morgan fingerprint density at radius 2 is 2.11 bits per heavy atom. The summed E-state index contributed by atoms with van der Waals surface area (Å²) < 4.78 is 5.58. The second-order valence-corrected chi connectivity index (χ2v) is 5.46. The molecule has 98 valence electrons. The van der Waals surface area contributed by atoms with E-state index < -0.39 is 0 Å². The summed E-state index contributed by atoms with van der Waals surface area (Å²) in [5, 5.41) is 9.16. The van der Waals surface area contributed by atoms with Crippen molar-refractivity contribution in [2.24, 2.45) is 0 Å². The van der Waals surface area contributed by atoms with E-state index in [1.165, 1.54) is 6.20 Å². The largest absolute Gasteiger partial charge is 0.472 e. The molecule has 0 saturated carbocycles. The molecule has 18 heavy (non-hydrogen) atoms. The number of aliphatic hydroxyl groups excluding tert-OH is 1. The second-order valence-electron chi connectivity index (χ2n) is 5.46. The number of hydrogen-bond donors (Lipinski definition) is 1. The van der Waals surface area contributed by atoms with Gasteiger partial charge in [0.15, 0.2) is 0 Å². The van der Waals surface area contributed by atoms with Gasteiger partial charge >= 0.3 is 0 Å². The van der Waals surface area contributed by atoms with E-state index in [1.807, 2.05) is 20.8 Å². The molecule has 1 N–H and O–H groups in total. The predicted molar refractivity (Wildman–Crippen MR) is 66.5 cm³/mol. The number of hydrogen-bond acceptors (Lipinski definition) is 4. The molecule has 5 heteroatoms. The highest BCUT2D eigenvalue weighted by Crippen LogP contribution is 2.17. The summed E-state index contributed by atoms with van der Waals surface area (Å²) in [4.78, 5) is 17.6. The summed E-state index contributed by atoms with van der Waals surface area (Å²) in [6.07, 6.45) is 1.12. The van der Waals surface area contributed by atoms with Crippen LogP contribution in [0.4, 0.5) is 0 Å². The van der Waals surface area contributed by atoms with Gasteiger partial charge in [-0.25, -0.2) is 4.98 Å². The average Bonchev–Trinajstić information content (AvgIpc) is 2.23. The first-order valence-electron chi connectivity index (χ1n) is 5.97. The number of ether oxygens (including phenoxy) is 1. The maximum Gasteiger partial charge on any atom is 0.255 e. The summed E-state index contributed by atoms with van der Waals surface area (Å²) in [6.45, 7) is 6.62. The molecule has 5 nitrogen and oxygen atoms in total. The molecule has 1 aromatic heterocycles. The van der Waals surface area contributed by atoms with Crippen molar-refractivity contribution in [3.63, 3.8) is 0 Å². The van der Waals surface area contributed by atoms with Crippen molar-refractivity contribution in [1.29, 1.82) is 0 Å². The molecule has 0 radical (unpaired) electrons. The molecule has 1 aliphatic heterocycles. The zero-order valence-corrected chi connectivity index (χ0v) is 10.9. The SMILES string of the molecule is CC(C)(C)Oc1ccc(C(=O)N2CC(O)C2)cn1. The number of pyridine rings is 1. The fraction of sp³-hybridized carbons (Fsp3) is 0.538. The molecule has 0 unspecified atom stereocenters. The number of aliphatic hydroxyl groups is 1. The lowest BCUT2D eigenvalue weighted by Gasteiger charge is -2.35. The zero-order valence-electron chi connectivity index (χ0n) is 10.9. The Balaban J connectivity index is 2.01. The van der Waals surface area contributed by atoms with E-state index in [-0.39, 0.29) is 17.6 Å². The normalized spacial score (nSPS) is 16.3. The van der Waals surface area contributed by atoms with Crippen molar-refractivity contribution in [2.45, 2.75) is 32.5 Å². The summed E-state index contributed by atoms with van der Waals surface area (Å²) in [5.41, 5.74) is 0.211. The Bertz CT molecular complexity index is 431. The van der Waals surface area contributed by atoms with Crippen molar-refractivity contribution in [1.82, 2.24) is 9.88 Å². The Morgan fingerprint density at radius 1 is 1.44 bits per heavy atom. The molecule has 1 fully saturated rings. The standard InChI is InChI=1S/C13H18N2O3/c1-13(2,3)18-11-5-4-9(6-14-11)12(17)15-7-10(16)8-15/h4-6,10,16H,7-8H2,1-3H3. The zero-order chi connectivity index (χ0) is 13.3. The number of aromatic nitrogens is 1. The summed E-state index contributed by atoms with van der Waals surface area (Å²) in [5.74, 6) is 0.401. The highest BCUT2D eigenvalue weighted by Gasteiger charge is 2.29. The Kier molecular flexibility index (Phi) is 3.26. The molecule has 2 rings (SSSR count). The van der Waals surface area contributed by atoms with Gasteiger partial charge in [0.25, 0.3) is 5.91 Å². The predicted octanol–water partition coefficient (Wildman–Crippen LogP) is 1.08. The number of likely N-dealkylation sites (tertiary alicyclic amines) is 1. The van der Waals surface area contributed by atoms with E-state index in [9.17, 15) is 4.79 Å². The maximum absolute atomic E-state index is 11.9. The fourth-order valence-corrected chi connectivity index (χ4v) is 1.68. The van der Waals surface area contributed by atoms with Crippen LogP contribution in [0.5, 0.6) is 5.88 Å². The van der Waals surface area contributed by atoms with Gasteiger partial charge in [0.1, 0.15) is 5.60 Å². The van der Waals surface area contributed by atoms with E-state index in [1.54, 1.807) is 17.0 Å². The number of β-amino-alcohol motifs (C(OH)–C–C–N with tert-alkyl or cyclic N) is 1. The topological polar surface area (TPSA) is 62.7 Å². The number of carbonyl (C=O) groups is 1. The van der Waals surface area contributed by atoms with Gasteiger partial charge in [-0.3, -0.25) is 4.79 Å². The van der Waals surface area contributed by atoms with Crippen molar-refractivity contribution in [3.05, 3.63) is 23.9 Å². The maximum atomic E-state index is 11.9. The lowest BCUT2D eigenvalue weighted by atomic mass is 10.1. The molecule has 0 bridgehead atoms. The molecule has 0 atom stereocenters. The van der Waals surface area contributed by atoms with Crippen LogP contribution in [0.1, 0.15) is 31.1 Å². The first-order chi connectivity index (χ1) is 8.35. The van der Waals surface area contributed by atoms with E-state index in [4.69, 9.17) is 9.84 Å². The van der Waals surface area contributed by atoms with Crippen LogP contribution < -0.4 is 4.74 Å². The molecule has 0 spiro atoms. The molecule has 1 amide bonds. The number of carbonyl (C=O) groups excluding carboxylic acids is 1. The van der Waals surface area contributed by atoms with Crippen LogP contribution in [0.25, 0.3) is 0 Å². The highest BCUT2D eigenvalue weighted by atomic mass is 16.5. The molecule has 1 saturated heterocycles. The number of rotatable bonds is 2. The van der Waals surface area contributed by atoms with E-state index in [0.29, 0.717) is 24.5 Å². The van der Waals surface area contributed by atoms with Gasteiger partial charge in [0.2, 0.25) is 5.88 Å². The first kappa shape index (κ1) is 12.8. The van der Waals surface area contributed by atoms with Crippen LogP contribution in [0.15, 0.2) is 18.3 Å². The molecule has 1 aliphatic rings. The summed E-state index contributed by atoms with van der Waals surface area (Å²) in [7, 11) is 0. The third kappa shape index (κ3) is 2.98. The van der Waals surface area contributed by atoms with Crippen molar-refractivity contribution in [3.8, 4) is 5.88 Å². The van der Waals surface area contributed by atoms with Crippen LogP contribution in [0, 0.1) is 0 Å². The van der Waals surface area contributed by atoms with Crippen LogP contribution in [-0.2, 0) is 0 Å². The van der Waals surface area contributed by atoms with Crippen LogP contribution in [0.2, 0.25) is 0 Å². The monoisotopic (exact) mass is 250 g/mol. The van der Waals surface area contributed by atoms with E-state index in [0.717, 1.165) is 0 Å². The minimum atomic E-state index is -0.384. The average molecular weight is 250 g/mol. The van der Waals surface area contributed by atoms with E-state index >= 15 is 0 Å². The van der Waals surface area contributed by atoms with Crippen molar-refractivity contribution in [2.75, 3.05) is 13.1 Å². The third-order valence-corrected chi connectivity index (χ3v) is 2.54. The van der Waals surface area contributed by atoms with Gasteiger partial charge in [-0.15, -0.1) is 0 Å². The minimum Gasteiger partial charge on any atom is -0.472 e. The molecule has 0 aromatic carbocycles. The van der Waals surface area contributed by atoms with Crippen LogP contribution >= 0.6 is 0 Å². The van der Waals surface area contributed by atoms with Gasteiger partial charge in [0.05, 0.1) is 11.7 Å². The number of nitrogens with zero attached hydrogens (tertiary/aromatic N) is 2. The van der Waals surface area contributed by atoms with Crippen molar-refractivity contribution >= 4 is 5.91 Å². The lowest BCUT2D eigenvalue weighted by Crippen LogP contribution is -2.53. The minimum absolute atomic E-state index is 0.102. The summed E-state index contributed by atoms with van der Waals surface area (Å²) >= 11 is 0. The van der Waals surface area contributed by atoms with Gasteiger partial charge < -0.3 is 14.7 Å².